The second kappa shape index (κ2) is 6.84. The molecule has 0 unspecified atom stereocenters. The maximum absolute atomic E-state index is 12.1. The van der Waals surface area contributed by atoms with Crippen LogP contribution in [-0.2, 0) is 0 Å². The molecule has 0 aromatic rings. The molecule has 0 atom stereocenters. The van der Waals surface area contributed by atoms with Crippen LogP contribution >= 0.6 is 0 Å². The molecule has 2 amide bonds. The Kier molecular flexibility index (Phi) is 5.10. The number of carbonyl (C=O) groups excluding carboxylic acids is 1. The van der Waals surface area contributed by atoms with Gasteiger partial charge in [0.25, 0.3) is 0 Å². The summed E-state index contributed by atoms with van der Waals surface area (Å²) in [7, 11) is 0. The second-order valence-corrected chi connectivity index (χ2v) is 5.23. The van der Waals surface area contributed by atoms with Crippen LogP contribution in [0.25, 0.3) is 0 Å². The molecule has 0 aromatic carbocycles. The number of carbonyl (C=O) groups is 1. The Morgan fingerprint density at radius 3 is 2.29 bits per heavy atom. The van der Waals surface area contributed by atoms with Gasteiger partial charge in [-0.3, -0.25) is 0 Å². The molecule has 98 valence electrons. The number of urea groups is 1. The average molecular weight is 239 g/mol. The van der Waals surface area contributed by atoms with Crippen LogP contribution in [0.1, 0.15) is 44.9 Å². The first-order valence-electron chi connectivity index (χ1n) is 7.12. The van der Waals surface area contributed by atoms with Gasteiger partial charge in [0, 0.05) is 19.1 Å². The van der Waals surface area contributed by atoms with Gasteiger partial charge in [-0.1, -0.05) is 19.3 Å². The van der Waals surface area contributed by atoms with Gasteiger partial charge >= 0.3 is 6.03 Å². The highest BCUT2D eigenvalue weighted by molar-refractivity contribution is 5.74. The third kappa shape index (κ3) is 4.19. The zero-order chi connectivity index (χ0) is 11.9. The van der Waals surface area contributed by atoms with E-state index in [0.29, 0.717) is 6.04 Å². The van der Waals surface area contributed by atoms with Crippen molar-refractivity contribution in [3.8, 4) is 0 Å². The predicted molar refractivity (Wildman–Crippen MR) is 69.1 cm³/mol. The van der Waals surface area contributed by atoms with E-state index in [1.54, 1.807) is 0 Å². The average Bonchev–Trinajstić information content (AvgIpc) is 2.29. The molecule has 2 fully saturated rings. The second-order valence-electron chi connectivity index (χ2n) is 5.23. The lowest BCUT2D eigenvalue weighted by molar-refractivity contribution is 0.186. The van der Waals surface area contributed by atoms with Gasteiger partial charge in [-0.2, -0.15) is 0 Å². The van der Waals surface area contributed by atoms with Crippen molar-refractivity contribution in [1.82, 2.24) is 15.5 Å². The van der Waals surface area contributed by atoms with Crippen LogP contribution in [0, 0.1) is 0 Å². The molecule has 2 rings (SSSR count). The maximum Gasteiger partial charge on any atom is 0.317 e. The van der Waals surface area contributed by atoms with E-state index in [4.69, 9.17) is 0 Å². The molecule has 4 heteroatoms. The van der Waals surface area contributed by atoms with Gasteiger partial charge in [0.15, 0.2) is 0 Å². The number of hydrogen-bond donors (Lipinski definition) is 2. The summed E-state index contributed by atoms with van der Waals surface area (Å²) in [6.07, 6.45) is 8.35. The first kappa shape index (κ1) is 12.7. The summed E-state index contributed by atoms with van der Waals surface area (Å²) in [5.41, 5.74) is 0. The van der Waals surface area contributed by atoms with Crippen molar-refractivity contribution in [2.24, 2.45) is 0 Å². The topological polar surface area (TPSA) is 44.4 Å². The molecule has 4 nitrogen and oxygen atoms in total. The molecule has 1 saturated carbocycles. The van der Waals surface area contributed by atoms with E-state index >= 15 is 0 Å². The van der Waals surface area contributed by atoms with E-state index in [1.165, 1.54) is 32.1 Å². The molecular weight excluding hydrogens is 214 g/mol. The molecule has 1 heterocycles. The molecule has 0 bridgehead atoms. The number of nitrogens with one attached hydrogen (secondary N) is 2. The summed E-state index contributed by atoms with van der Waals surface area (Å²) >= 11 is 0. The van der Waals surface area contributed by atoms with E-state index in [9.17, 15) is 4.79 Å². The minimum Gasteiger partial charge on any atom is -0.335 e. The van der Waals surface area contributed by atoms with E-state index in [-0.39, 0.29) is 6.03 Å². The van der Waals surface area contributed by atoms with E-state index in [2.05, 4.69) is 10.6 Å². The van der Waals surface area contributed by atoms with Crippen LogP contribution in [0.2, 0.25) is 0 Å². The van der Waals surface area contributed by atoms with Crippen molar-refractivity contribution in [2.75, 3.05) is 26.2 Å². The van der Waals surface area contributed by atoms with Crippen LogP contribution in [0.15, 0.2) is 0 Å². The standard InChI is InChI=1S/C13H25N3O/c17-13(15-12-6-2-1-3-7-12)16-10-4-8-14-9-5-11-16/h12,14H,1-11H2,(H,15,17). The van der Waals surface area contributed by atoms with Crippen molar-refractivity contribution in [3.05, 3.63) is 0 Å². The van der Waals surface area contributed by atoms with Crippen LogP contribution in [0.3, 0.4) is 0 Å². The maximum atomic E-state index is 12.1. The Balaban J connectivity index is 1.76. The van der Waals surface area contributed by atoms with E-state index in [0.717, 1.165) is 39.0 Å². The summed E-state index contributed by atoms with van der Waals surface area (Å²) in [6, 6.07) is 0.596. The normalized spacial score (nSPS) is 23.9. The third-order valence-electron chi connectivity index (χ3n) is 3.78. The minimum atomic E-state index is 0.166. The van der Waals surface area contributed by atoms with Crippen molar-refractivity contribution in [2.45, 2.75) is 51.0 Å². The molecule has 1 aliphatic heterocycles. The first-order valence-corrected chi connectivity index (χ1v) is 7.12. The monoisotopic (exact) mass is 239 g/mol. The van der Waals surface area contributed by atoms with Crippen LogP contribution in [0.5, 0.6) is 0 Å². The molecule has 0 aromatic heterocycles. The fourth-order valence-corrected chi connectivity index (χ4v) is 2.74. The van der Waals surface area contributed by atoms with Crippen LogP contribution < -0.4 is 10.6 Å². The van der Waals surface area contributed by atoms with Crippen molar-refractivity contribution in [1.29, 1.82) is 0 Å². The van der Waals surface area contributed by atoms with Crippen molar-refractivity contribution in [3.63, 3.8) is 0 Å². The Hall–Kier alpha value is -0.770. The Labute approximate surface area is 104 Å². The number of rotatable bonds is 1. The number of hydrogen-bond acceptors (Lipinski definition) is 2. The van der Waals surface area contributed by atoms with Crippen LogP contribution in [0.4, 0.5) is 4.79 Å². The van der Waals surface area contributed by atoms with Gasteiger partial charge in [-0.25, -0.2) is 4.79 Å². The highest BCUT2D eigenvalue weighted by atomic mass is 16.2. The smallest absolute Gasteiger partial charge is 0.317 e. The molecule has 2 N–H and O–H groups in total. The SMILES string of the molecule is O=C(NC1CCCCC1)N1CCCNCCC1. The molecule has 0 spiro atoms. The van der Waals surface area contributed by atoms with Gasteiger partial charge in [-0.15, -0.1) is 0 Å². The summed E-state index contributed by atoms with van der Waals surface area (Å²) in [4.78, 5) is 14.1. The molecule has 2 aliphatic rings. The predicted octanol–water partition coefficient (Wildman–Crippen LogP) is 1.71. The number of nitrogens with zero attached hydrogens (tertiary/aromatic N) is 1. The molecule has 1 aliphatic carbocycles. The Bertz CT molecular complexity index is 231. The first-order chi connectivity index (χ1) is 8.36. The largest absolute Gasteiger partial charge is 0.335 e. The van der Waals surface area contributed by atoms with Gasteiger partial charge in [0.1, 0.15) is 0 Å². The lowest BCUT2D eigenvalue weighted by atomic mass is 9.96. The summed E-state index contributed by atoms with van der Waals surface area (Å²) < 4.78 is 0. The summed E-state index contributed by atoms with van der Waals surface area (Å²) in [5.74, 6) is 0. The van der Waals surface area contributed by atoms with Gasteiger partial charge in [0.2, 0.25) is 0 Å². The fraction of sp³-hybridized carbons (Fsp3) is 0.923. The number of amides is 2. The summed E-state index contributed by atoms with van der Waals surface area (Å²) in [6.45, 7) is 3.86. The Morgan fingerprint density at radius 2 is 1.65 bits per heavy atom. The van der Waals surface area contributed by atoms with Crippen LogP contribution in [-0.4, -0.2) is 43.2 Å². The zero-order valence-corrected chi connectivity index (χ0v) is 10.7. The molecule has 1 saturated heterocycles. The molecule has 0 radical (unpaired) electrons. The van der Waals surface area contributed by atoms with Gasteiger partial charge < -0.3 is 15.5 Å². The third-order valence-corrected chi connectivity index (χ3v) is 3.78. The zero-order valence-electron chi connectivity index (χ0n) is 10.7. The van der Waals surface area contributed by atoms with Gasteiger partial charge in [-0.05, 0) is 38.8 Å². The van der Waals surface area contributed by atoms with Gasteiger partial charge in [0.05, 0.1) is 0 Å². The van der Waals surface area contributed by atoms with Crippen molar-refractivity contribution >= 4 is 6.03 Å². The highest BCUT2D eigenvalue weighted by Gasteiger charge is 2.19. The minimum absolute atomic E-state index is 0.166. The lowest BCUT2D eigenvalue weighted by Gasteiger charge is -2.29. The van der Waals surface area contributed by atoms with Crippen molar-refractivity contribution < 1.29 is 4.79 Å². The highest BCUT2D eigenvalue weighted by Crippen LogP contribution is 2.17. The van der Waals surface area contributed by atoms with E-state index in [1.807, 2.05) is 4.90 Å². The lowest BCUT2D eigenvalue weighted by Crippen LogP contribution is -2.47. The Morgan fingerprint density at radius 1 is 1.00 bits per heavy atom. The fourth-order valence-electron chi connectivity index (χ4n) is 2.74. The van der Waals surface area contributed by atoms with E-state index < -0.39 is 0 Å². The molecular formula is C13H25N3O. The molecule has 17 heavy (non-hydrogen) atoms. The summed E-state index contributed by atoms with van der Waals surface area (Å²) in [5, 5.41) is 6.57. The quantitative estimate of drug-likeness (QED) is 0.731.